The Bertz CT molecular complexity index is 369. The number of nitriles is 1. The molecule has 4 heteroatoms. The van der Waals surface area contributed by atoms with Crippen LogP contribution < -0.4 is 4.74 Å². The van der Waals surface area contributed by atoms with E-state index in [1.54, 1.807) is 12.2 Å². The molecule has 1 aliphatic heterocycles. The van der Waals surface area contributed by atoms with Crippen LogP contribution in [-0.2, 0) is 11.4 Å². The average Bonchev–Trinajstić information content (AvgIpc) is 3.06. The minimum atomic E-state index is -0.0525. The molecule has 1 saturated heterocycles. The average molecular weight is 204 g/mol. The third-order valence-corrected chi connectivity index (χ3v) is 2.27. The van der Waals surface area contributed by atoms with Crippen LogP contribution in [0.2, 0.25) is 0 Å². The number of hydroxylamine groups is 2. The quantitative estimate of drug-likeness (QED) is 0.694. The normalized spacial score (nSPS) is 23.2. The summed E-state index contributed by atoms with van der Waals surface area (Å²) in [7, 11) is 1.64. The molecule has 2 atom stereocenters. The molecule has 0 bridgehead atoms. The van der Waals surface area contributed by atoms with E-state index in [0.29, 0.717) is 13.2 Å². The Kier molecular flexibility index (Phi) is 2.86. The van der Waals surface area contributed by atoms with Crippen LogP contribution in [0.25, 0.3) is 0 Å². The van der Waals surface area contributed by atoms with Crippen LogP contribution in [-0.4, -0.2) is 24.8 Å². The summed E-state index contributed by atoms with van der Waals surface area (Å²) in [6.07, 6.45) is 0. The maximum absolute atomic E-state index is 8.55. The number of hydrogen-bond donors (Lipinski definition) is 0. The van der Waals surface area contributed by atoms with Crippen molar-refractivity contribution in [3.05, 3.63) is 29.8 Å². The molecule has 1 aromatic carbocycles. The highest BCUT2D eigenvalue weighted by Gasteiger charge is 2.35. The maximum Gasteiger partial charge on any atom is 0.137 e. The molecular weight excluding hydrogens is 192 g/mol. The molecule has 1 aliphatic rings. The van der Waals surface area contributed by atoms with Crippen LogP contribution in [0, 0.1) is 11.3 Å². The van der Waals surface area contributed by atoms with E-state index in [2.05, 4.69) is 6.07 Å². The zero-order valence-corrected chi connectivity index (χ0v) is 8.51. The summed E-state index contributed by atoms with van der Waals surface area (Å²) in [6, 6.07) is 9.75. The summed E-state index contributed by atoms with van der Waals surface area (Å²) < 4.78 is 5.05. The topological polar surface area (TPSA) is 45.3 Å². The van der Waals surface area contributed by atoms with E-state index >= 15 is 0 Å². The van der Waals surface area contributed by atoms with E-state index in [-0.39, 0.29) is 6.04 Å². The standard InChI is InChI=1S/C11H12N2O2/c1-14-11-4-2-9(3-5-11)8-15-13-7-10(13)6-12/h2-5,10H,7-8H2,1H3. The van der Waals surface area contributed by atoms with Crippen molar-refractivity contribution in [2.24, 2.45) is 0 Å². The highest BCUT2D eigenvalue weighted by molar-refractivity contribution is 5.26. The van der Waals surface area contributed by atoms with Gasteiger partial charge in [0, 0.05) is 0 Å². The Morgan fingerprint density at radius 3 is 2.73 bits per heavy atom. The molecule has 0 aromatic heterocycles. The lowest BCUT2D eigenvalue weighted by molar-refractivity contribution is -0.0826. The highest BCUT2D eigenvalue weighted by atomic mass is 16.7. The number of hydrogen-bond acceptors (Lipinski definition) is 4. The molecule has 78 valence electrons. The molecule has 0 amide bonds. The molecule has 2 unspecified atom stereocenters. The summed E-state index contributed by atoms with van der Waals surface area (Å²) in [4.78, 5) is 5.39. The third-order valence-electron chi connectivity index (χ3n) is 2.27. The smallest absolute Gasteiger partial charge is 0.137 e. The van der Waals surface area contributed by atoms with Crippen LogP contribution in [0.4, 0.5) is 0 Å². The monoisotopic (exact) mass is 204 g/mol. The first kappa shape index (κ1) is 9.97. The van der Waals surface area contributed by atoms with Gasteiger partial charge in [0.25, 0.3) is 0 Å². The van der Waals surface area contributed by atoms with Crippen molar-refractivity contribution in [1.82, 2.24) is 5.06 Å². The second kappa shape index (κ2) is 4.30. The first-order valence-electron chi connectivity index (χ1n) is 4.75. The maximum atomic E-state index is 8.55. The fourth-order valence-electron chi connectivity index (χ4n) is 1.25. The number of ether oxygens (including phenoxy) is 1. The fourth-order valence-corrected chi connectivity index (χ4v) is 1.25. The van der Waals surface area contributed by atoms with Gasteiger partial charge in [-0.2, -0.15) is 10.3 Å². The summed E-state index contributed by atoms with van der Waals surface area (Å²) in [6.45, 7) is 1.22. The number of rotatable bonds is 4. The van der Waals surface area contributed by atoms with Gasteiger partial charge in [0.15, 0.2) is 0 Å². The molecule has 1 aromatic rings. The highest BCUT2D eigenvalue weighted by Crippen LogP contribution is 2.19. The van der Waals surface area contributed by atoms with Crippen molar-refractivity contribution in [2.45, 2.75) is 12.6 Å². The minimum Gasteiger partial charge on any atom is -0.497 e. The van der Waals surface area contributed by atoms with Crippen molar-refractivity contribution in [2.75, 3.05) is 13.7 Å². The van der Waals surface area contributed by atoms with Crippen LogP contribution in [0.5, 0.6) is 5.75 Å². The predicted molar refractivity (Wildman–Crippen MR) is 53.9 cm³/mol. The van der Waals surface area contributed by atoms with Gasteiger partial charge in [-0.15, -0.1) is 0 Å². The molecule has 15 heavy (non-hydrogen) atoms. The zero-order valence-electron chi connectivity index (χ0n) is 8.51. The van der Waals surface area contributed by atoms with Gasteiger partial charge < -0.3 is 4.74 Å². The van der Waals surface area contributed by atoms with Gasteiger partial charge in [-0.25, -0.2) is 0 Å². The molecule has 0 spiro atoms. The van der Waals surface area contributed by atoms with Crippen LogP contribution in [0.3, 0.4) is 0 Å². The van der Waals surface area contributed by atoms with E-state index in [1.165, 1.54) is 0 Å². The molecule has 1 fully saturated rings. The van der Waals surface area contributed by atoms with Crippen molar-refractivity contribution in [1.29, 1.82) is 5.26 Å². The van der Waals surface area contributed by atoms with Gasteiger partial charge in [-0.05, 0) is 17.7 Å². The Balaban J connectivity index is 1.82. The van der Waals surface area contributed by atoms with Crippen LogP contribution in [0.1, 0.15) is 5.56 Å². The van der Waals surface area contributed by atoms with Gasteiger partial charge in [0.05, 0.1) is 26.3 Å². The zero-order chi connectivity index (χ0) is 10.7. The Morgan fingerprint density at radius 1 is 1.47 bits per heavy atom. The van der Waals surface area contributed by atoms with Gasteiger partial charge in [0.1, 0.15) is 11.8 Å². The molecule has 0 saturated carbocycles. The summed E-state index contributed by atoms with van der Waals surface area (Å²) >= 11 is 0. The van der Waals surface area contributed by atoms with Crippen molar-refractivity contribution < 1.29 is 9.57 Å². The number of nitrogens with zero attached hydrogens (tertiary/aromatic N) is 2. The summed E-state index contributed by atoms with van der Waals surface area (Å²) in [5, 5.41) is 10.2. The molecule has 4 nitrogen and oxygen atoms in total. The number of methoxy groups -OCH3 is 1. The largest absolute Gasteiger partial charge is 0.497 e. The van der Waals surface area contributed by atoms with E-state index in [0.717, 1.165) is 11.3 Å². The molecule has 1 heterocycles. The van der Waals surface area contributed by atoms with Gasteiger partial charge in [0.2, 0.25) is 0 Å². The molecule has 0 aliphatic carbocycles. The van der Waals surface area contributed by atoms with Crippen molar-refractivity contribution >= 4 is 0 Å². The molecule has 2 rings (SSSR count). The lowest BCUT2D eigenvalue weighted by atomic mass is 10.2. The lowest BCUT2D eigenvalue weighted by Crippen LogP contribution is -2.02. The number of benzene rings is 1. The van der Waals surface area contributed by atoms with Gasteiger partial charge in [-0.1, -0.05) is 12.1 Å². The molecular formula is C11H12N2O2. The Labute approximate surface area is 88.6 Å². The van der Waals surface area contributed by atoms with Crippen molar-refractivity contribution in [3.63, 3.8) is 0 Å². The van der Waals surface area contributed by atoms with E-state index in [4.69, 9.17) is 14.8 Å². The molecule has 0 radical (unpaired) electrons. The predicted octanol–water partition coefficient (Wildman–Crippen LogP) is 1.33. The SMILES string of the molecule is COc1ccc(CON2CC2C#N)cc1. The first-order chi connectivity index (χ1) is 7.33. The molecule has 0 N–H and O–H groups in total. The third kappa shape index (κ3) is 2.46. The second-order valence-corrected chi connectivity index (χ2v) is 3.37. The van der Waals surface area contributed by atoms with Crippen molar-refractivity contribution in [3.8, 4) is 11.8 Å². The van der Waals surface area contributed by atoms with E-state index < -0.39 is 0 Å². The van der Waals surface area contributed by atoms with E-state index in [1.807, 2.05) is 24.3 Å². The van der Waals surface area contributed by atoms with Crippen LogP contribution in [0.15, 0.2) is 24.3 Å². The summed E-state index contributed by atoms with van der Waals surface area (Å²) in [5.41, 5.74) is 1.07. The Hall–Kier alpha value is -1.57. The first-order valence-corrected chi connectivity index (χ1v) is 4.75. The lowest BCUT2D eigenvalue weighted by Gasteiger charge is -2.04. The van der Waals surface area contributed by atoms with E-state index in [9.17, 15) is 0 Å². The Morgan fingerprint density at radius 2 is 2.20 bits per heavy atom. The van der Waals surface area contributed by atoms with Crippen LogP contribution >= 0.6 is 0 Å². The van der Waals surface area contributed by atoms with Gasteiger partial charge in [-0.3, -0.25) is 4.84 Å². The summed E-state index contributed by atoms with van der Waals surface area (Å²) in [5.74, 6) is 0.834. The minimum absolute atomic E-state index is 0.0525. The second-order valence-electron chi connectivity index (χ2n) is 3.37. The fraction of sp³-hybridized carbons (Fsp3) is 0.364. The van der Waals surface area contributed by atoms with Gasteiger partial charge >= 0.3 is 0 Å².